The minimum absolute atomic E-state index is 0. The van der Waals surface area contributed by atoms with Crippen molar-refractivity contribution in [3.8, 4) is 5.75 Å². The molecule has 1 atom stereocenters. The number of halogens is 2. The Balaban J connectivity index is 0.00000120. The van der Waals surface area contributed by atoms with Gasteiger partial charge in [0.05, 0.1) is 6.54 Å². The maximum Gasteiger partial charge on any atom is 0.169 e. The predicted molar refractivity (Wildman–Crippen MR) is 71.3 cm³/mol. The molecule has 3 nitrogen and oxygen atoms in total. The number of ether oxygens (including phenoxy) is 1. The van der Waals surface area contributed by atoms with Gasteiger partial charge in [0.1, 0.15) is 17.4 Å². The van der Waals surface area contributed by atoms with Gasteiger partial charge >= 0.3 is 0 Å². The molecule has 1 aromatic rings. The van der Waals surface area contributed by atoms with Crippen LogP contribution in [0.5, 0.6) is 5.75 Å². The molecule has 1 N–H and O–H groups in total. The van der Waals surface area contributed by atoms with Crippen molar-refractivity contribution in [1.29, 1.82) is 0 Å². The minimum atomic E-state index is -0.410. The molecule has 98 valence electrons. The summed E-state index contributed by atoms with van der Waals surface area (Å²) in [6.07, 6.45) is 1.53. The van der Waals surface area contributed by atoms with Gasteiger partial charge in [-0.2, -0.15) is 0 Å². The molecule has 0 aromatic heterocycles. The minimum Gasteiger partial charge on any atom is -0.479 e. The highest BCUT2D eigenvalue weighted by molar-refractivity contribution is 5.93. The number of nitrogens with one attached hydrogen (secondary N) is 1. The van der Waals surface area contributed by atoms with Crippen LogP contribution >= 0.6 is 12.4 Å². The van der Waals surface area contributed by atoms with E-state index in [1.807, 2.05) is 0 Å². The van der Waals surface area contributed by atoms with E-state index >= 15 is 0 Å². The Morgan fingerprint density at radius 1 is 1.50 bits per heavy atom. The van der Waals surface area contributed by atoms with Crippen LogP contribution in [0.4, 0.5) is 4.39 Å². The average molecular weight is 271 g/mol. The second kappa shape index (κ2) is 4.76. The summed E-state index contributed by atoms with van der Waals surface area (Å²) in [5.41, 5.74) is 0.523. The zero-order valence-corrected chi connectivity index (χ0v) is 11.0. The molecule has 0 saturated heterocycles. The van der Waals surface area contributed by atoms with Gasteiger partial charge in [-0.05, 0) is 24.6 Å². The van der Waals surface area contributed by atoms with Crippen molar-refractivity contribution in [3.05, 3.63) is 29.6 Å². The van der Waals surface area contributed by atoms with E-state index in [2.05, 4.69) is 17.2 Å². The standard InChI is InChI=1S/C13H15FN2O.ClH/c1-2-13(12-15-5-6-16-12)8-9-7-10(14)3-4-11(9)17-13;/h3-4,7H,2,5-6,8H2,1H3,(H,15,16);1H. The SMILES string of the molecule is CCC1(C2=NCCN2)Cc2cc(F)ccc2O1.Cl. The topological polar surface area (TPSA) is 33.6 Å². The van der Waals surface area contributed by atoms with Gasteiger partial charge in [-0.15, -0.1) is 12.4 Å². The summed E-state index contributed by atoms with van der Waals surface area (Å²) < 4.78 is 19.2. The lowest BCUT2D eigenvalue weighted by atomic mass is 9.93. The van der Waals surface area contributed by atoms with Crippen LogP contribution in [-0.2, 0) is 6.42 Å². The molecule has 0 radical (unpaired) electrons. The van der Waals surface area contributed by atoms with E-state index in [1.165, 1.54) is 6.07 Å². The Morgan fingerprint density at radius 3 is 3.00 bits per heavy atom. The molecular weight excluding hydrogens is 255 g/mol. The molecule has 0 saturated carbocycles. The fourth-order valence-electron chi connectivity index (χ4n) is 2.54. The molecule has 0 amide bonds. The van der Waals surface area contributed by atoms with Crippen molar-refractivity contribution in [3.63, 3.8) is 0 Å². The van der Waals surface area contributed by atoms with Crippen molar-refractivity contribution in [2.45, 2.75) is 25.4 Å². The first kappa shape index (κ1) is 13.1. The quantitative estimate of drug-likeness (QED) is 0.895. The van der Waals surface area contributed by atoms with Gasteiger partial charge in [0.15, 0.2) is 5.60 Å². The number of nitrogens with zero attached hydrogens (tertiary/aromatic N) is 1. The molecule has 0 aliphatic carbocycles. The summed E-state index contributed by atoms with van der Waals surface area (Å²) in [5.74, 6) is 1.49. The second-order valence-corrected chi connectivity index (χ2v) is 4.54. The van der Waals surface area contributed by atoms with Crippen LogP contribution < -0.4 is 10.1 Å². The Hall–Kier alpha value is -1.29. The molecule has 18 heavy (non-hydrogen) atoms. The number of amidine groups is 1. The summed E-state index contributed by atoms with van der Waals surface area (Å²) in [6.45, 7) is 3.74. The van der Waals surface area contributed by atoms with Crippen LogP contribution in [0.2, 0.25) is 0 Å². The van der Waals surface area contributed by atoms with Crippen molar-refractivity contribution < 1.29 is 9.13 Å². The van der Waals surface area contributed by atoms with E-state index in [1.54, 1.807) is 12.1 Å². The molecule has 2 aliphatic heterocycles. The molecule has 0 fully saturated rings. The first-order chi connectivity index (χ1) is 8.23. The fraction of sp³-hybridized carbons (Fsp3) is 0.462. The lowest BCUT2D eigenvalue weighted by Crippen LogP contribution is -2.48. The maximum atomic E-state index is 13.2. The number of benzene rings is 1. The van der Waals surface area contributed by atoms with Crippen molar-refractivity contribution in [2.75, 3.05) is 13.1 Å². The fourth-order valence-corrected chi connectivity index (χ4v) is 2.54. The van der Waals surface area contributed by atoms with E-state index in [-0.39, 0.29) is 18.2 Å². The Morgan fingerprint density at radius 2 is 2.33 bits per heavy atom. The highest BCUT2D eigenvalue weighted by Crippen LogP contribution is 2.38. The zero-order chi connectivity index (χ0) is 11.9. The van der Waals surface area contributed by atoms with Crippen molar-refractivity contribution >= 4 is 18.2 Å². The van der Waals surface area contributed by atoms with Crippen LogP contribution in [0.25, 0.3) is 0 Å². The molecular formula is C13H16ClFN2O. The van der Waals surface area contributed by atoms with Crippen LogP contribution in [0.15, 0.2) is 23.2 Å². The summed E-state index contributed by atoms with van der Waals surface area (Å²) in [5, 5.41) is 3.27. The maximum absolute atomic E-state index is 13.2. The summed E-state index contributed by atoms with van der Waals surface area (Å²) >= 11 is 0. The van der Waals surface area contributed by atoms with Crippen LogP contribution in [0.1, 0.15) is 18.9 Å². The van der Waals surface area contributed by atoms with Crippen LogP contribution in [-0.4, -0.2) is 24.5 Å². The van der Waals surface area contributed by atoms with Gasteiger partial charge < -0.3 is 10.1 Å². The van der Waals surface area contributed by atoms with Gasteiger partial charge in [0.2, 0.25) is 0 Å². The monoisotopic (exact) mass is 270 g/mol. The van der Waals surface area contributed by atoms with Gasteiger partial charge in [0, 0.05) is 18.5 Å². The third kappa shape index (κ3) is 1.94. The van der Waals surface area contributed by atoms with Gasteiger partial charge in [-0.1, -0.05) is 6.92 Å². The number of aliphatic imine (C=N–C) groups is 1. The molecule has 2 heterocycles. The first-order valence-corrected chi connectivity index (χ1v) is 6.00. The lowest BCUT2D eigenvalue weighted by molar-refractivity contribution is 0.162. The Bertz CT molecular complexity index is 492. The number of hydrogen-bond donors (Lipinski definition) is 1. The van der Waals surface area contributed by atoms with Gasteiger partial charge in [-0.25, -0.2) is 4.39 Å². The van der Waals surface area contributed by atoms with E-state index in [9.17, 15) is 4.39 Å². The molecule has 2 aliphatic rings. The third-order valence-electron chi connectivity index (χ3n) is 3.48. The number of rotatable bonds is 2. The molecule has 0 spiro atoms. The van der Waals surface area contributed by atoms with Gasteiger partial charge in [-0.3, -0.25) is 4.99 Å². The largest absolute Gasteiger partial charge is 0.479 e. The Labute approximate surface area is 112 Å². The van der Waals surface area contributed by atoms with Crippen LogP contribution in [0, 0.1) is 5.82 Å². The highest BCUT2D eigenvalue weighted by atomic mass is 35.5. The smallest absolute Gasteiger partial charge is 0.169 e. The average Bonchev–Trinajstić information content (AvgIpc) is 2.95. The molecule has 5 heteroatoms. The van der Waals surface area contributed by atoms with Gasteiger partial charge in [0.25, 0.3) is 0 Å². The number of hydrogen-bond acceptors (Lipinski definition) is 3. The summed E-state index contributed by atoms with van der Waals surface area (Å²) in [4.78, 5) is 4.45. The summed E-state index contributed by atoms with van der Waals surface area (Å²) in [6, 6.07) is 4.70. The van der Waals surface area contributed by atoms with Crippen LogP contribution in [0.3, 0.4) is 0 Å². The summed E-state index contributed by atoms with van der Waals surface area (Å²) in [7, 11) is 0. The lowest BCUT2D eigenvalue weighted by Gasteiger charge is -2.27. The zero-order valence-electron chi connectivity index (χ0n) is 10.2. The van der Waals surface area contributed by atoms with Crippen molar-refractivity contribution in [1.82, 2.24) is 5.32 Å². The van der Waals surface area contributed by atoms with E-state index in [4.69, 9.17) is 4.74 Å². The highest BCUT2D eigenvalue weighted by Gasteiger charge is 2.43. The third-order valence-corrected chi connectivity index (χ3v) is 3.48. The van der Waals surface area contributed by atoms with E-state index in [0.717, 1.165) is 36.7 Å². The van der Waals surface area contributed by atoms with E-state index < -0.39 is 5.60 Å². The van der Waals surface area contributed by atoms with Crippen molar-refractivity contribution in [2.24, 2.45) is 4.99 Å². The molecule has 1 aromatic carbocycles. The number of fused-ring (bicyclic) bond motifs is 1. The second-order valence-electron chi connectivity index (χ2n) is 4.54. The predicted octanol–water partition coefficient (Wildman–Crippen LogP) is 2.33. The Kier molecular flexibility index (Phi) is 3.48. The molecule has 1 unspecified atom stereocenters. The normalized spacial score (nSPS) is 24.7. The first-order valence-electron chi connectivity index (χ1n) is 6.00. The van der Waals surface area contributed by atoms with E-state index in [0.29, 0.717) is 6.42 Å². The molecule has 3 rings (SSSR count). The molecule has 0 bridgehead atoms.